The van der Waals surface area contributed by atoms with Crippen molar-refractivity contribution in [1.82, 2.24) is 15.3 Å². The van der Waals surface area contributed by atoms with Crippen LogP contribution in [0.1, 0.15) is 38.9 Å². The predicted octanol–water partition coefficient (Wildman–Crippen LogP) is 4.68. The topological polar surface area (TPSA) is 80.9 Å². The molecule has 0 aliphatic heterocycles. The predicted molar refractivity (Wildman–Crippen MR) is 96.5 cm³/mol. The number of benzene rings is 1. The minimum atomic E-state index is -4.80. The number of anilines is 1. The molecule has 158 valence electrons. The summed E-state index contributed by atoms with van der Waals surface area (Å²) in [6, 6.07) is 3.75. The molecule has 3 N–H and O–H groups in total. The van der Waals surface area contributed by atoms with Gasteiger partial charge in [0.2, 0.25) is 0 Å². The number of amides is 1. The molecule has 0 bridgehead atoms. The van der Waals surface area contributed by atoms with Gasteiger partial charge in [-0.15, -0.1) is 11.3 Å². The molecule has 1 atom stereocenters. The van der Waals surface area contributed by atoms with Gasteiger partial charge in [0, 0.05) is 11.6 Å². The maximum atomic E-state index is 13.5. The number of aromatic nitrogens is 2. The van der Waals surface area contributed by atoms with Gasteiger partial charge in [0.15, 0.2) is 5.13 Å². The lowest BCUT2D eigenvalue weighted by Crippen LogP contribution is -2.32. The molecule has 0 aliphatic rings. The molecule has 0 saturated heterocycles. The summed E-state index contributed by atoms with van der Waals surface area (Å²) in [6.07, 6.45) is -8.34. The third-order valence-electron chi connectivity index (χ3n) is 4.02. The summed E-state index contributed by atoms with van der Waals surface area (Å²) < 4.78 is 79.0. The van der Waals surface area contributed by atoms with Crippen LogP contribution in [0, 0.1) is 0 Å². The number of carbonyl (C=O) groups is 1. The maximum absolute atomic E-state index is 13.5. The molecule has 5 nitrogen and oxygen atoms in total. The number of nitrogens with two attached hydrogens (primary N) is 1. The Hall–Kier alpha value is -3.15. The van der Waals surface area contributed by atoms with Gasteiger partial charge < -0.3 is 11.1 Å². The standard InChI is InChI=1S/C18H12F6N4OS/c19-17(20,21)10-5-3-9(4-6-10)13(28-15(29)12-8-30-16(25)27-12)14-11(18(22,23)24)2-1-7-26-14/h1-8,13H,(H2,25,27)(H,28,29). The van der Waals surface area contributed by atoms with Crippen molar-refractivity contribution in [2.24, 2.45) is 0 Å². The van der Waals surface area contributed by atoms with Crippen molar-refractivity contribution in [2.45, 2.75) is 18.4 Å². The zero-order valence-corrected chi connectivity index (χ0v) is 15.6. The third kappa shape index (κ3) is 4.70. The molecule has 3 aromatic rings. The zero-order valence-electron chi connectivity index (χ0n) is 14.8. The van der Waals surface area contributed by atoms with Gasteiger partial charge in [0.05, 0.1) is 22.9 Å². The highest BCUT2D eigenvalue weighted by atomic mass is 32.1. The van der Waals surface area contributed by atoms with E-state index in [4.69, 9.17) is 5.73 Å². The van der Waals surface area contributed by atoms with Crippen molar-refractivity contribution in [1.29, 1.82) is 0 Å². The molecule has 12 heteroatoms. The lowest BCUT2D eigenvalue weighted by molar-refractivity contribution is -0.139. The van der Waals surface area contributed by atoms with Crippen molar-refractivity contribution in [2.75, 3.05) is 5.73 Å². The lowest BCUT2D eigenvalue weighted by Gasteiger charge is -2.22. The largest absolute Gasteiger partial charge is 0.418 e. The van der Waals surface area contributed by atoms with Crippen molar-refractivity contribution in [3.8, 4) is 0 Å². The lowest BCUT2D eigenvalue weighted by atomic mass is 9.97. The van der Waals surface area contributed by atoms with Gasteiger partial charge in [0.1, 0.15) is 5.69 Å². The van der Waals surface area contributed by atoms with Crippen LogP contribution in [-0.4, -0.2) is 15.9 Å². The first-order valence-corrected chi connectivity index (χ1v) is 9.06. The molecular weight excluding hydrogens is 434 g/mol. The maximum Gasteiger partial charge on any atom is 0.418 e. The average Bonchev–Trinajstić information content (AvgIpc) is 3.11. The van der Waals surface area contributed by atoms with E-state index in [1.54, 1.807) is 0 Å². The molecule has 0 radical (unpaired) electrons. The number of nitrogen functional groups attached to an aromatic ring is 1. The smallest absolute Gasteiger partial charge is 0.375 e. The Morgan fingerprint density at radius 3 is 2.23 bits per heavy atom. The van der Waals surface area contributed by atoms with Crippen molar-refractivity contribution in [3.63, 3.8) is 0 Å². The molecule has 1 unspecified atom stereocenters. The third-order valence-corrected chi connectivity index (χ3v) is 4.69. The Kier molecular flexibility index (Phi) is 5.70. The van der Waals surface area contributed by atoms with Gasteiger partial charge in [0.25, 0.3) is 5.91 Å². The van der Waals surface area contributed by atoms with Gasteiger partial charge in [-0.25, -0.2) is 4.98 Å². The number of carbonyl (C=O) groups excluding carboxylic acids is 1. The van der Waals surface area contributed by atoms with E-state index in [0.29, 0.717) is 12.1 Å². The van der Waals surface area contributed by atoms with Crippen LogP contribution in [0.4, 0.5) is 31.5 Å². The number of pyridine rings is 1. The number of nitrogens with zero attached hydrogens (tertiary/aromatic N) is 2. The van der Waals surface area contributed by atoms with Gasteiger partial charge in [-0.05, 0) is 29.8 Å². The minimum Gasteiger partial charge on any atom is -0.375 e. The molecule has 3 rings (SSSR count). The van der Waals surface area contributed by atoms with Crippen LogP contribution < -0.4 is 11.1 Å². The van der Waals surface area contributed by atoms with Crippen molar-refractivity contribution >= 4 is 22.4 Å². The minimum absolute atomic E-state index is 0.0243. The van der Waals surface area contributed by atoms with Crippen molar-refractivity contribution in [3.05, 3.63) is 76.1 Å². The summed E-state index contributed by atoms with van der Waals surface area (Å²) in [5.41, 5.74) is 2.62. The highest BCUT2D eigenvalue weighted by Gasteiger charge is 2.37. The Morgan fingerprint density at radius 2 is 1.70 bits per heavy atom. The van der Waals surface area contributed by atoms with E-state index < -0.39 is 41.1 Å². The fourth-order valence-electron chi connectivity index (χ4n) is 2.66. The molecule has 0 aliphatic carbocycles. The van der Waals surface area contributed by atoms with Crippen LogP contribution in [0.25, 0.3) is 0 Å². The number of hydrogen-bond acceptors (Lipinski definition) is 5. The van der Waals surface area contributed by atoms with E-state index >= 15 is 0 Å². The van der Waals surface area contributed by atoms with Crippen LogP contribution in [0.2, 0.25) is 0 Å². The monoisotopic (exact) mass is 446 g/mol. The highest BCUT2D eigenvalue weighted by Crippen LogP contribution is 2.36. The fraction of sp³-hybridized carbons (Fsp3) is 0.167. The van der Waals surface area contributed by atoms with Gasteiger partial charge in [-0.2, -0.15) is 26.3 Å². The molecule has 30 heavy (non-hydrogen) atoms. The van der Waals surface area contributed by atoms with Gasteiger partial charge in [-0.1, -0.05) is 12.1 Å². The van der Waals surface area contributed by atoms with E-state index in [1.165, 1.54) is 5.38 Å². The van der Waals surface area contributed by atoms with Crippen molar-refractivity contribution < 1.29 is 31.1 Å². The average molecular weight is 446 g/mol. The summed E-state index contributed by atoms with van der Waals surface area (Å²) in [5.74, 6) is -0.855. The van der Waals surface area contributed by atoms with Crippen LogP contribution in [0.5, 0.6) is 0 Å². The molecule has 2 aromatic heterocycles. The summed E-state index contributed by atoms with van der Waals surface area (Å²) in [4.78, 5) is 20.0. The number of thiazole rings is 1. The van der Waals surface area contributed by atoms with E-state index in [2.05, 4.69) is 15.3 Å². The number of alkyl halides is 6. The Labute approximate surface area is 169 Å². The molecule has 1 aromatic carbocycles. The summed E-state index contributed by atoms with van der Waals surface area (Å²) in [5, 5.41) is 3.73. The number of nitrogens with one attached hydrogen (secondary N) is 1. The first-order valence-electron chi connectivity index (χ1n) is 8.18. The Morgan fingerprint density at radius 1 is 1.03 bits per heavy atom. The first kappa shape index (κ1) is 21.6. The number of hydrogen-bond donors (Lipinski definition) is 2. The van der Waals surface area contributed by atoms with Crippen LogP contribution in [-0.2, 0) is 12.4 Å². The molecular formula is C18H12F6N4OS. The van der Waals surface area contributed by atoms with Crippen LogP contribution in [0.15, 0.2) is 48.0 Å². The van der Waals surface area contributed by atoms with E-state index in [1.807, 2.05) is 0 Å². The van der Waals surface area contributed by atoms with Gasteiger partial charge >= 0.3 is 12.4 Å². The van der Waals surface area contributed by atoms with E-state index in [-0.39, 0.29) is 16.4 Å². The Balaban J connectivity index is 2.07. The number of rotatable bonds is 4. The normalized spacial score (nSPS) is 13.1. The fourth-order valence-corrected chi connectivity index (χ4v) is 3.20. The summed E-state index contributed by atoms with van der Waals surface area (Å²) in [7, 11) is 0. The summed E-state index contributed by atoms with van der Waals surface area (Å²) in [6.45, 7) is 0. The second-order valence-corrected chi connectivity index (χ2v) is 6.92. The molecule has 1 amide bonds. The van der Waals surface area contributed by atoms with E-state index in [9.17, 15) is 31.1 Å². The highest BCUT2D eigenvalue weighted by molar-refractivity contribution is 7.13. The second-order valence-electron chi connectivity index (χ2n) is 6.03. The molecule has 0 fully saturated rings. The Bertz CT molecular complexity index is 1050. The number of halogens is 6. The van der Waals surface area contributed by atoms with Crippen LogP contribution >= 0.6 is 11.3 Å². The van der Waals surface area contributed by atoms with E-state index in [0.717, 1.165) is 41.8 Å². The van der Waals surface area contributed by atoms with Crippen LogP contribution in [0.3, 0.4) is 0 Å². The summed E-state index contributed by atoms with van der Waals surface area (Å²) >= 11 is 0.949. The molecule has 2 heterocycles. The molecule has 0 saturated carbocycles. The zero-order chi connectivity index (χ0) is 22.1. The van der Waals surface area contributed by atoms with Gasteiger partial charge in [-0.3, -0.25) is 9.78 Å². The second kappa shape index (κ2) is 7.94. The SMILES string of the molecule is Nc1nc(C(=O)NC(c2ccc(C(F)(F)F)cc2)c2ncccc2C(F)(F)F)cs1. The first-order chi connectivity index (χ1) is 14.0. The molecule has 0 spiro atoms. The quantitative estimate of drug-likeness (QED) is 0.571.